The van der Waals surface area contributed by atoms with Crippen molar-refractivity contribution in [2.75, 3.05) is 46.0 Å². The van der Waals surface area contributed by atoms with Crippen molar-refractivity contribution in [1.29, 1.82) is 0 Å². The normalized spacial score (nSPS) is 16.2. The molecule has 0 spiro atoms. The van der Waals surface area contributed by atoms with Crippen molar-refractivity contribution in [1.82, 2.24) is 9.80 Å². The minimum Gasteiger partial charge on any atom is -0.494 e. The van der Waals surface area contributed by atoms with E-state index in [9.17, 15) is 4.79 Å². The van der Waals surface area contributed by atoms with E-state index in [-0.39, 0.29) is 12.5 Å². The second-order valence-electron chi connectivity index (χ2n) is 7.39. The van der Waals surface area contributed by atoms with Gasteiger partial charge in [-0.2, -0.15) is 0 Å². The summed E-state index contributed by atoms with van der Waals surface area (Å²) >= 11 is 0. The molecule has 2 heterocycles. The second kappa shape index (κ2) is 9.18. The van der Waals surface area contributed by atoms with E-state index in [2.05, 4.69) is 23.1 Å². The van der Waals surface area contributed by atoms with Gasteiger partial charge in [0, 0.05) is 39.1 Å². The third-order valence-corrected chi connectivity index (χ3v) is 5.38. The molecule has 2 aliphatic rings. The van der Waals surface area contributed by atoms with Crippen LogP contribution in [-0.2, 0) is 17.8 Å². The van der Waals surface area contributed by atoms with Gasteiger partial charge in [-0.25, -0.2) is 0 Å². The van der Waals surface area contributed by atoms with Crippen molar-refractivity contribution in [3.05, 3.63) is 53.6 Å². The Labute approximate surface area is 172 Å². The first-order chi connectivity index (χ1) is 14.2. The molecule has 2 aromatic rings. The predicted octanol–water partition coefficient (Wildman–Crippen LogP) is 2.74. The Kier molecular flexibility index (Phi) is 6.20. The Balaban J connectivity index is 1.21. The highest BCUT2D eigenvalue weighted by molar-refractivity contribution is 5.77. The Hall–Kier alpha value is -2.73. The van der Waals surface area contributed by atoms with Gasteiger partial charge in [-0.3, -0.25) is 9.69 Å². The number of hydrogen-bond donors (Lipinski definition) is 0. The summed E-state index contributed by atoms with van der Waals surface area (Å²) in [6.07, 6.45) is 1.000. The molecule has 154 valence electrons. The summed E-state index contributed by atoms with van der Waals surface area (Å²) in [5.74, 6) is 2.55. The van der Waals surface area contributed by atoms with Crippen LogP contribution < -0.4 is 14.2 Å². The van der Waals surface area contributed by atoms with Crippen molar-refractivity contribution < 1.29 is 19.0 Å². The van der Waals surface area contributed by atoms with Crippen molar-refractivity contribution >= 4 is 5.91 Å². The molecule has 2 aromatic carbocycles. The number of nitrogens with zero attached hydrogens (tertiary/aromatic N) is 2. The van der Waals surface area contributed by atoms with E-state index in [1.165, 1.54) is 11.1 Å². The summed E-state index contributed by atoms with van der Waals surface area (Å²) in [4.78, 5) is 16.8. The Morgan fingerprint density at radius 2 is 1.72 bits per heavy atom. The van der Waals surface area contributed by atoms with Gasteiger partial charge in [-0.15, -0.1) is 0 Å². The Morgan fingerprint density at radius 3 is 2.45 bits per heavy atom. The van der Waals surface area contributed by atoms with Crippen LogP contribution in [-0.4, -0.2) is 61.7 Å². The smallest absolute Gasteiger partial charge is 0.260 e. The van der Waals surface area contributed by atoms with Crippen molar-refractivity contribution in [3.8, 4) is 17.2 Å². The third kappa shape index (κ3) is 5.01. The number of hydrogen-bond acceptors (Lipinski definition) is 5. The van der Waals surface area contributed by atoms with Crippen LogP contribution in [0.25, 0.3) is 0 Å². The maximum absolute atomic E-state index is 12.5. The molecule has 0 N–H and O–H groups in total. The molecule has 6 heteroatoms. The summed E-state index contributed by atoms with van der Waals surface area (Å²) < 4.78 is 16.6. The molecule has 1 saturated heterocycles. The first-order valence-electron chi connectivity index (χ1n) is 10.3. The van der Waals surface area contributed by atoms with Crippen LogP contribution in [0.5, 0.6) is 17.2 Å². The third-order valence-electron chi connectivity index (χ3n) is 5.38. The SMILES string of the molecule is CCOc1ccc(OCC(=O)N2CCN(Cc3ccc4c(c3)CCO4)CC2)cc1. The molecule has 0 saturated carbocycles. The summed E-state index contributed by atoms with van der Waals surface area (Å²) in [5.41, 5.74) is 2.62. The van der Waals surface area contributed by atoms with E-state index < -0.39 is 0 Å². The van der Waals surface area contributed by atoms with Crippen LogP contribution >= 0.6 is 0 Å². The quantitative estimate of drug-likeness (QED) is 0.720. The van der Waals surface area contributed by atoms with Gasteiger partial charge in [0.2, 0.25) is 0 Å². The van der Waals surface area contributed by atoms with Crippen LogP contribution in [0.4, 0.5) is 0 Å². The van der Waals surface area contributed by atoms with Crippen LogP contribution in [0.3, 0.4) is 0 Å². The minimum atomic E-state index is 0.0354. The first-order valence-corrected chi connectivity index (χ1v) is 10.3. The van der Waals surface area contributed by atoms with Gasteiger partial charge in [0.05, 0.1) is 13.2 Å². The number of carbonyl (C=O) groups is 1. The summed E-state index contributed by atoms with van der Waals surface area (Å²) in [6.45, 7) is 7.58. The number of piperazine rings is 1. The van der Waals surface area contributed by atoms with Crippen LogP contribution in [0, 0.1) is 0 Å². The highest BCUT2D eigenvalue weighted by Crippen LogP contribution is 2.26. The predicted molar refractivity (Wildman–Crippen MR) is 111 cm³/mol. The van der Waals surface area contributed by atoms with Crippen molar-refractivity contribution in [3.63, 3.8) is 0 Å². The number of fused-ring (bicyclic) bond motifs is 1. The lowest BCUT2D eigenvalue weighted by Crippen LogP contribution is -2.49. The molecule has 0 aromatic heterocycles. The number of amides is 1. The Bertz CT molecular complexity index is 829. The van der Waals surface area contributed by atoms with Gasteiger partial charge in [0.15, 0.2) is 6.61 Å². The molecule has 29 heavy (non-hydrogen) atoms. The van der Waals surface area contributed by atoms with E-state index in [0.29, 0.717) is 12.4 Å². The van der Waals surface area contributed by atoms with Gasteiger partial charge in [0.25, 0.3) is 5.91 Å². The summed E-state index contributed by atoms with van der Waals surface area (Å²) in [6, 6.07) is 13.8. The zero-order valence-corrected chi connectivity index (χ0v) is 16.9. The molecule has 0 atom stereocenters. The lowest BCUT2D eigenvalue weighted by Gasteiger charge is -2.34. The molecule has 0 unspecified atom stereocenters. The van der Waals surface area contributed by atoms with Gasteiger partial charge in [0.1, 0.15) is 17.2 Å². The maximum Gasteiger partial charge on any atom is 0.260 e. The van der Waals surface area contributed by atoms with Crippen molar-refractivity contribution in [2.45, 2.75) is 19.9 Å². The maximum atomic E-state index is 12.5. The fraction of sp³-hybridized carbons (Fsp3) is 0.435. The van der Waals surface area contributed by atoms with Gasteiger partial charge < -0.3 is 19.1 Å². The molecule has 1 fully saturated rings. The largest absolute Gasteiger partial charge is 0.494 e. The van der Waals surface area contributed by atoms with E-state index in [4.69, 9.17) is 14.2 Å². The topological polar surface area (TPSA) is 51.2 Å². The standard InChI is InChI=1S/C23H28N2O4/c1-2-27-20-4-6-21(7-5-20)29-17-23(26)25-12-10-24(11-13-25)16-18-3-8-22-19(15-18)9-14-28-22/h3-8,15H,2,9-14,16-17H2,1H3. The highest BCUT2D eigenvalue weighted by Gasteiger charge is 2.22. The number of ether oxygens (including phenoxy) is 3. The number of benzene rings is 2. The molecule has 1 amide bonds. The van der Waals surface area contributed by atoms with Crippen LogP contribution in [0.15, 0.2) is 42.5 Å². The van der Waals surface area contributed by atoms with Gasteiger partial charge >= 0.3 is 0 Å². The lowest BCUT2D eigenvalue weighted by atomic mass is 10.1. The summed E-state index contributed by atoms with van der Waals surface area (Å²) in [5, 5.41) is 0. The Morgan fingerprint density at radius 1 is 1.00 bits per heavy atom. The van der Waals surface area contributed by atoms with Gasteiger partial charge in [-0.1, -0.05) is 12.1 Å². The number of rotatable bonds is 7. The number of carbonyl (C=O) groups excluding carboxylic acids is 1. The molecule has 0 aliphatic carbocycles. The summed E-state index contributed by atoms with van der Waals surface area (Å²) in [7, 11) is 0. The van der Waals surface area contributed by atoms with E-state index in [1.54, 1.807) is 0 Å². The fourth-order valence-electron chi connectivity index (χ4n) is 3.79. The molecular formula is C23H28N2O4. The van der Waals surface area contributed by atoms with Gasteiger partial charge in [-0.05, 0) is 48.4 Å². The van der Waals surface area contributed by atoms with Crippen LogP contribution in [0.1, 0.15) is 18.1 Å². The van der Waals surface area contributed by atoms with Crippen LogP contribution in [0.2, 0.25) is 0 Å². The average molecular weight is 396 g/mol. The fourth-order valence-corrected chi connectivity index (χ4v) is 3.79. The molecule has 6 nitrogen and oxygen atoms in total. The molecule has 0 bridgehead atoms. The molecular weight excluding hydrogens is 368 g/mol. The van der Waals surface area contributed by atoms with Crippen molar-refractivity contribution in [2.24, 2.45) is 0 Å². The van der Waals surface area contributed by atoms with E-state index in [1.807, 2.05) is 36.1 Å². The first kappa shape index (κ1) is 19.6. The second-order valence-corrected chi connectivity index (χ2v) is 7.39. The zero-order chi connectivity index (χ0) is 20.1. The average Bonchev–Trinajstić information content (AvgIpc) is 3.22. The molecule has 2 aliphatic heterocycles. The minimum absolute atomic E-state index is 0.0354. The molecule has 0 radical (unpaired) electrons. The van der Waals surface area contributed by atoms with E-state index in [0.717, 1.165) is 57.3 Å². The molecule has 4 rings (SSSR count). The highest BCUT2D eigenvalue weighted by atomic mass is 16.5. The lowest BCUT2D eigenvalue weighted by molar-refractivity contribution is -0.135. The zero-order valence-electron chi connectivity index (χ0n) is 16.9. The monoisotopic (exact) mass is 396 g/mol. The van der Waals surface area contributed by atoms with E-state index >= 15 is 0 Å².